The van der Waals surface area contributed by atoms with Crippen LogP contribution in [-0.2, 0) is 19.4 Å². The summed E-state index contributed by atoms with van der Waals surface area (Å²) in [6.07, 6.45) is 1.17. The second-order valence-electron chi connectivity index (χ2n) is 6.16. The largest absolute Gasteiger partial charge is 0.339 e. The van der Waals surface area contributed by atoms with Crippen LogP contribution in [-0.4, -0.2) is 19.7 Å². The highest BCUT2D eigenvalue weighted by Gasteiger charge is 2.14. The first kappa shape index (κ1) is 17.6. The number of fused-ring (bicyclic) bond motifs is 1. The van der Waals surface area contributed by atoms with Gasteiger partial charge in [-0.1, -0.05) is 58.3 Å². The van der Waals surface area contributed by atoms with Crippen LogP contribution in [0.4, 0.5) is 0 Å². The zero-order valence-corrected chi connectivity index (χ0v) is 16.3. The molecule has 4 rings (SSSR count). The molecule has 0 N–H and O–H groups in total. The molecule has 6 nitrogen and oxygen atoms in total. The number of para-hydroxylation sites is 1. The fraction of sp³-hybridized carbons (Fsp3) is 0.200. The zero-order chi connectivity index (χ0) is 18.8. The summed E-state index contributed by atoms with van der Waals surface area (Å²) in [5.74, 6) is 1.68. The Morgan fingerprint density at radius 1 is 1.07 bits per heavy atom. The van der Waals surface area contributed by atoms with E-state index in [0.717, 1.165) is 10.0 Å². The van der Waals surface area contributed by atoms with Crippen LogP contribution >= 0.6 is 15.9 Å². The lowest BCUT2D eigenvalue weighted by Crippen LogP contribution is -2.26. The number of nitrogens with zero attached hydrogens (tertiary/aromatic N) is 4. The number of aryl methyl sites for hydroxylation is 1. The summed E-state index contributed by atoms with van der Waals surface area (Å²) >= 11 is 3.52. The van der Waals surface area contributed by atoms with Crippen LogP contribution < -0.4 is 5.56 Å². The highest BCUT2D eigenvalue weighted by atomic mass is 79.9. The van der Waals surface area contributed by atoms with Crippen LogP contribution in [0.25, 0.3) is 10.9 Å². The number of benzene rings is 2. The number of halogens is 1. The van der Waals surface area contributed by atoms with Crippen molar-refractivity contribution in [3.63, 3.8) is 0 Å². The van der Waals surface area contributed by atoms with Crippen molar-refractivity contribution in [2.75, 3.05) is 0 Å². The van der Waals surface area contributed by atoms with E-state index in [1.165, 1.54) is 0 Å². The van der Waals surface area contributed by atoms with E-state index < -0.39 is 0 Å². The van der Waals surface area contributed by atoms with Crippen molar-refractivity contribution in [1.82, 2.24) is 19.7 Å². The Balaban J connectivity index is 1.65. The highest BCUT2D eigenvalue weighted by molar-refractivity contribution is 9.10. The third-order valence-electron chi connectivity index (χ3n) is 4.37. The molecule has 2 aromatic heterocycles. The van der Waals surface area contributed by atoms with Crippen LogP contribution in [0.2, 0.25) is 0 Å². The number of hydrogen-bond donors (Lipinski definition) is 0. The Labute approximate surface area is 164 Å². The summed E-state index contributed by atoms with van der Waals surface area (Å²) in [7, 11) is 0. The summed E-state index contributed by atoms with van der Waals surface area (Å²) in [6, 6.07) is 15.3. The van der Waals surface area contributed by atoms with Crippen molar-refractivity contribution in [1.29, 1.82) is 0 Å². The average molecular weight is 425 g/mol. The first-order valence-electron chi connectivity index (χ1n) is 8.69. The Bertz CT molecular complexity index is 1170. The van der Waals surface area contributed by atoms with E-state index in [-0.39, 0.29) is 12.1 Å². The van der Waals surface area contributed by atoms with Gasteiger partial charge in [0.15, 0.2) is 5.82 Å². The van der Waals surface area contributed by atoms with Gasteiger partial charge in [-0.05, 0) is 23.8 Å². The van der Waals surface area contributed by atoms with Crippen LogP contribution in [0.1, 0.15) is 30.0 Å². The van der Waals surface area contributed by atoms with Gasteiger partial charge in [0, 0.05) is 10.9 Å². The molecule has 0 spiro atoms. The first-order valence-corrected chi connectivity index (χ1v) is 9.48. The van der Waals surface area contributed by atoms with Crippen LogP contribution in [0.3, 0.4) is 0 Å². The van der Waals surface area contributed by atoms with Gasteiger partial charge >= 0.3 is 0 Å². The van der Waals surface area contributed by atoms with Gasteiger partial charge < -0.3 is 4.52 Å². The molecule has 0 amide bonds. The SMILES string of the molecule is CCc1nc2ccccc2c(=O)n1Cc1noc(Cc2ccccc2Br)n1. The number of hydrogen-bond acceptors (Lipinski definition) is 5. The number of rotatable bonds is 5. The summed E-state index contributed by atoms with van der Waals surface area (Å²) < 4.78 is 7.99. The normalized spacial score (nSPS) is 11.2. The molecule has 4 aromatic rings. The van der Waals surface area contributed by atoms with Gasteiger partial charge in [0.1, 0.15) is 5.82 Å². The molecule has 0 aliphatic rings. The molecule has 2 aromatic carbocycles. The lowest BCUT2D eigenvalue weighted by atomic mass is 10.1. The molecule has 136 valence electrons. The fourth-order valence-corrected chi connectivity index (χ4v) is 3.44. The first-order chi connectivity index (χ1) is 13.2. The van der Waals surface area contributed by atoms with Crippen molar-refractivity contribution < 1.29 is 4.52 Å². The maximum absolute atomic E-state index is 12.9. The van der Waals surface area contributed by atoms with Crippen molar-refractivity contribution in [3.8, 4) is 0 Å². The summed E-state index contributed by atoms with van der Waals surface area (Å²) in [4.78, 5) is 21.9. The molecular weight excluding hydrogens is 408 g/mol. The minimum absolute atomic E-state index is 0.0883. The standard InChI is InChI=1S/C20H17BrN4O2/c1-2-18-22-16-10-6-4-8-14(16)20(26)25(18)12-17-23-19(27-24-17)11-13-7-3-5-9-15(13)21/h3-10H,2,11-12H2,1H3. The third-order valence-corrected chi connectivity index (χ3v) is 5.14. The van der Waals surface area contributed by atoms with E-state index in [0.29, 0.717) is 41.3 Å². The van der Waals surface area contributed by atoms with E-state index in [9.17, 15) is 4.79 Å². The summed E-state index contributed by atoms with van der Waals surface area (Å²) in [5.41, 5.74) is 1.68. The van der Waals surface area contributed by atoms with Gasteiger partial charge in [0.2, 0.25) is 5.89 Å². The van der Waals surface area contributed by atoms with Gasteiger partial charge in [0.05, 0.1) is 23.9 Å². The number of aromatic nitrogens is 4. The molecule has 0 saturated heterocycles. The highest BCUT2D eigenvalue weighted by Crippen LogP contribution is 2.19. The Morgan fingerprint density at radius 2 is 1.85 bits per heavy atom. The second-order valence-corrected chi connectivity index (χ2v) is 7.02. The van der Waals surface area contributed by atoms with Crippen LogP contribution in [0.15, 0.2) is 62.3 Å². The van der Waals surface area contributed by atoms with E-state index in [2.05, 4.69) is 31.1 Å². The lowest BCUT2D eigenvalue weighted by Gasteiger charge is -2.10. The molecule has 0 fully saturated rings. The predicted molar refractivity (Wildman–Crippen MR) is 106 cm³/mol. The topological polar surface area (TPSA) is 73.8 Å². The van der Waals surface area contributed by atoms with E-state index >= 15 is 0 Å². The van der Waals surface area contributed by atoms with E-state index in [1.807, 2.05) is 49.4 Å². The van der Waals surface area contributed by atoms with Crippen LogP contribution in [0.5, 0.6) is 0 Å². The lowest BCUT2D eigenvalue weighted by molar-refractivity contribution is 0.377. The minimum atomic E-state index is -0.0883. The molecule has 0 aliphatic heterocycles. The Kier molecular flexibility index (Phi) is 4.85. The minimum Gasteiger partial charge on any atom is -0.339 e. The summed E-state index contributed by atoms with van der Waals surface area (Å²) in [6.45, 7) is 2.21. The van der Waals surface area contributed by atoms with Crippen molar-refractivity contribution in [2.45, 2.75) is 26.3 Å². The Hall–Kier alpha value is -2.80. The predicted octanol–water partition coefficient (Wildman–Crippen LogP) is 3.74. The summed E-state index contributed by atoms with van der Waals surface area (Å²) in [5, 5.41) is 4.63. The van der Waals surface area contributed by atoms with E-state index in [1.54, 1.807) is 10.6 Å². The van der Waals surface area contributed by atoms with Gasteiger partial charge in [-0.15, -0.1) is 0 Å². The third kappa shape index (κ3) is 3.55. The van der Waals surface area contributed by atoms with Crippen molar-refractivity contribution in [2.24, 2.45) is 0 Å². The Morgan fingerprint density at radius 3 is 2.67 bits per heavy atom. The van der Waals surface area contributed by atoms with Gasteiger partial charge in [-0.2, -0.15) is 4.98 Å². The van der Waals surface area contributed by atoms with Gasteiger partial charge in [-0.25, -0.2) is 4.98 Å². The van der Waals surface area contributed by atoms with Crippen molar-refractivity contribution >= 4 is 26.8 Å². The van der Waals surface area contributed by atoms with Gasteiger partial charge in [-0.3, -0.25) is 9.36 Å². The molecule has 2 heterocycles. The molecule has 27 heavy (non-hydrogen) atoms. The average Bonchev–Trinajstić information content (AvgIpc) is 3.13. The molecule has 0 saturated carbocycles. The quantitative estimate of drug-likeness (QED) is 0.487. The monoisotopic (exact) mass is 424 g/mol. The maximum atomic E-state index is 12.9. The molecule has 0 atom stereocenters. The smallest absolute Gasteiger partial charge is 0.261 e. The maximum Gasteiger partial charge on any atom is 0.261 e. The van der Waals surface area contributed by atoms with Crippen molar-refractivity contribution in [3.05, 3.63) is 86.5 Å². The van der Waals surface area contributed by atoms with E-state index in [4.69, 9.17) is 4.52 Å². The fourth-order valence-electron chi connectivity index (χ4n) is 3.02. The molecular formula is C20H17BrN4O2. The van der Waals surface area contributed by atoms with Gasteiger partial charge in [0.25, 0.3) is 5.56 Å². The molecule has 0 radical (unpaired) electrons. The molecule has 7 heteroatoms. The molecule has 0 aliphatic carbocycles. The molecule has 0 unspecified atom stereocenters. The molecule has 0 bridgehead atoms. The van der Waals surface area contributed by atoms with Crippen LogP contribution in [0, 0.1) is 0 Å². The second kappa shape index (κ2) is 7.44. The zero-order valence-electron chi connectivity index (χ0n) is 14.7.